The lowest BCUT2D eigenvalue weighted by molar-refractivity contribution is 0.127. The summed E-state index contributed by atoms with van der Waals surface area (Å²) in [5.74, 6) is 0. The molecule has 0 radical (unpaired) electrons. The molecule has 0 unspecified atom stereocenters. The third-order valence-corrected chi connectivity index (χ3v) is 4.01. The number of aromatic nitrogens is 1. The number of aliphatic hydroxyl groups is 1. The van der Waals surface area contributed by atoms with E-state index in [1.165, 1.54) is 0 Å². The van der Waals surface area contributed by atoms with Crippen LogP contribution in [0.4, 0.5) is 11.4 Å². The fraction of sp³-hybridized carbons (Fsp3) is 0.583. The van der Waals surface area contributed by atoms with Gasteiger partial charge in [0.15, 0.2) is 0 Å². The lowest BCUT2D eigenvalue weighted by Crippen LogP contribution is -2.32. The Kier molecular flexibility index (Phi) is 5.21. The monoisotopic (exact) mass is 301 g/mol. The summed E-state index contributed by atoms with van der Waals surface area (Å²) in [4.78, 5) is 3.99. The van der Waals surface area contributed by atoms with Crippen molar-refractivity contribution in [2.24, 2.45) is 5.41 Å². The molecule has 17 heavy (non-hydrogen) atoms. The lowest BCUT2D eigenvalue weighted by atomic mass is 9.83. The van der Waals surface area contributed by atoms with E-state index in [-0.39, 0.29) is 12.0 Å². The van der Waals surface area contributed by atoms with Gasteiger partial charge in [-0.2, -0.15) is 0 Å². The fourth-order valence-corrected chi connectivity index (χ4v) is 2.18. The third kappa shape index (κ3) is 3.33. The summed E-state index contributed by atoms with van der Waals surface area (Å²) in [6, 6.07) is 0. The first kappa shape index (κ1) is 14.3. The predicted molar refractivity (Wildman–Crippen MR) is 74.9 cm³/mol. The first-order chi connectivity index (χ1) is 8.08. The number of hydrogen-bond donors (Lipinski definition) is 3. The van der Waals surface area contributed by atoms with Crippen molar-refractivity contribution in [3.63, 3.8) is 0 Å². The van der Waals surface area contributed by atoms with Crippen molar-refractivity contribution in [2.45, 2.75) is 26.7 Å². The molecule has 0 atom stereocenters. The second kappa shape index (κ2) is 6.21. The average molecular weight is 302 g/mol. The van der Waals surface area contributed by atoms with Gasteiger partial charge in [-0.25, -0.2) is 0 Å². The Hall–Kier alpha value is -0.810. The average Bonchev–Trinajstić information content (AvgIpc) is 2.34. The van der Waals surface area contributed by atoms with Crippen LogP contribution in [-0.2, 0) is 0 Å². The molecular formula is C12H20BrN3O. The SMILES string of the molecule is CCC(CC)(CO)CNc1c(N)cncc1Br. The molecule has 0 bridgehead atoms. The van der Waals surface area contributed by atoms with Gasteiger partial charge < -0.3 is 16.2 Å². The zero-order valence-corrected chi connectivity index (χ0v) is 11.9. The Balaban J connectivity index is 2.79. The number of halogens is 1. The number of anilines is 2. The molecule has 1 aromatic rings. The molecule has 4 nitrogen and oxygen atoms in total. The van der Waals surface area contributed by atoms with Gasteiger partial charge in [0, 0.05) is 18.2 Å². The van der Waals surface area contributed by atoms with Gasteiger partial charge in [-0.05, 0) is 28.8 Å². The quantitative estimate of drug-likeness (QED) is 0.755. The van der Waals surface area contributed by atoms with Crippen LogP contribution in [-0.4, -0.2) is 23.2 Å². The number of nitrogens with zero attached hydrogens (tertiary/aromatic N) is 1. The highest BCUT2D eigenvalue weighted by molar-refractivity contribution is 9.10. The standard InChI is InChI=1S/C12H20BrN3O/c1-3-12(4-2,8-17)7-16-11-9(13)5-15-6-10(11)14/h5-6,17H,3-4,7-8,14H2,1-2H3,(H,15,16). The van der Waals surface area contributed by atoms with Crippen molar-refractivity contribution in [1.82, 2.24) is 4.98 Å². The number of pyridine rings is 1. The highest BCUT2D eigenvalue weighted by atomic mass is 79.9. The molecule has 0 amide bonds. The zero-order valence-electron chi connectivity index (χ0n) is 10.3. The molecule has 0 spiro atoms. The van der Waals surface area contributed by atoms with Gasteiger partial charge in [-0.1, -0.05) is 13.8 Å². The minimum absolute atomic E-state index is 0.0881. The van der Waals surface area contributed by atoms with Crippen LogP contribution in [0.2, 0.25) is 0 Å². The summed E-state index contributed by atoms with van der Waals surface area (Å²) >= 11 is 3.41. The van der Waals surface area contributed by atoms with Crippen LogP contribution in [0.1, 0.15) is 26.7 Å². The summed E-state index contributed by atoms with van der Waals surface area (Å²) in [6.07, 6.45) is 5.17. The van der Waals surface area contributed by atoms with E-state index < -0.39 is 0 Å². The molecule has 4 N–H and O–H groups in total. The summed E-state index contributed by atoms with van der Waals surface area (Å²) < 4.78 is 0.844. The van der Waals surface area contributed by atoms with Crippen molar-refractivity contribution in [2.75, 3.05) is 24.2 Å². The molecule has 0 aliphatic heterocycles. The van der Waals surface area contributed by atoms with Gasteiger partial charge in [0.25, 0.3) is 0 Å². The molecule has 5 heteroatoms. The van der Waals surface area contributed by atoms with Crippen LogP contribution in [0.25, 0.3) is 0 Å². The van der Waals surface area contributed by atoms with Crippen LogP contribution < -0.4 is 11.1 Å². The van der Waals surface area contributed by atoms with Crippen LogP contribution in [0.15, 0.2) is 16.9 Å². The predicted octanol–water partition coefficient (Wildman–Crippen LogP) is 2.64. The molecule has 1 heterocycles. The number of aliphatic hydroxyl groups excluding tert-OH is 1. The molecular weight excluding hydrogens is 282 g/mol. The molecule has 0 aliphatic carbocycles. The summed E-state index contributed by atoms with van der Waals surface area (Å²) in [7, 11) is 0. The van der Waals surface area contributed by atoms with E-state index in [0.29, 0.717) is 12.2 Å². The minimum Gasteiger partial charge on any atom is -0.396 e. The molecule has 0 aliphatic rings. The van der Waals surface area contributed by atoms with E-state index in [9.17, 15) is 5.11 Å². The van der Waals surface area contributed by atoms with Gasteiger partial charge in [0.2, 0.25) is 0 Å². The van der Waals surface area contributed by atoms with E-state index in [1.54, 1.807) is 12.4 Å². The molecule has 0 fully saturated rings. The second-order valence-electron chi connectivity index (χ2n) is 4.30. The van der Waals surface area contributed by atoms with Crippen molar-refractivity contribution >= 4 is 27.3 Å². The number of nitrogens with one attached hydrogen (secondary N) is 1. The van der Waals surface area contributed by atoms with Crippen molar-refractivity contribution in [3.8, 4) is 0 Å². The van der Waals surface area contributed by atoms with Gasteiger partial charge >= 0.3 is 0 Å². The number of rotatable bonds is 6. The van der Waals surface area contributed by atoms with E-state index >= 15 is 0 Å². The Morgan fingerprint density at radius 3 is 2.53 bits per heavy atom. The topological polar surface area (TPSA) is 71.2 Å². The zero-order chi connectivity index (χ0) is 12.9. The van der Waals surface area contributed by atoms with Crippen molar-refractivity contribution in [3.05, 3.63) is 16.9 Å². The lowest BCUT2D eigenvalue weighted by Gasteiger charge is -2.30. The Morgan fingerprint density at radius 1 is 1.41 bits per heavy atom. The smallest absolute Gasteiger partial charge is 0.0750 e. The molecule has 1 aromatic heterocycles. The first-order valence-corrected chi connectivity index (χ1v) is 6.61. The molecule has 96 valence electrons. The molecule has 0 aromatic carbocycles. The Labute approximate surface area is 111 Å². The largest absolute Gasteiger partial charge is 0.396 e. The highest BCUT2D eigenvalue weighted by Gasteiger charge is 2.25. The number of nitrogens with two attached hydrogens (primary N) is 1. The third-order valence-electron chi connectivity index (χ3n) is 3.40. The van der Waals surface area contributed by atoms with Gasteiger partial charge in [-0.15, -0.1) is 0 Å². The van der Waals surface area contributed by atoms with Crippen molar-refractivity contribution < 1.29 is 5.11 Å². The van der Waals surface area contributed by atoms with Gasteiger partial charge in [0.05, 0.1) is 28.7 Å². The highest BCUT2D eigenvalue weighted by Crippen LogP contribution is 2.31. The maximum Gasteiger partial charge on any atom is 0.0750 e. The normalized spacial score (nSPS) is 11.5. The van der Waals surface area contributed by atoms with Crippen LogP contribution in [0.5, 0.6) is 0 Å². The molecule has 0 saturated heterocycles. The Bertz CT molecular complexity index is 338. The maximum absolute atomic E-state index is 9.50. The minimum atomic E-state index is -0.0881. The Morgan fingerprint density at radius 2 is 2.06 bits per heavy atom. The molecule has 0 saturated carbocycles. The van der Waals surface area contributed by atoms with E-state index in [4.69, 9.17) is 5.73 Å². The van der Waals surface area contributed by atoms with E-state index in [1.807, 2.05) is 0 Å². The van der Waals surface area contributed by atoms with Gasteiger partial charge in [0.1, 0.15) is 0 Å². The van der Waals surface area contributed by atoms with Gasteiger partial charge in [-0.3, -0.25) is 4.98 Å². The van der Waals surface area contributed by atoms with Crippen molar-refractivity contribution in [1.29, 1.82) is 0 Å². The second-order valence-corrected chi connectivity index (χ2v) is 5.16. The number of hydrogen-bond acceptors (Lipinski definition) is 4. The molecule has 1 rings (SSSR count). The summed E-state index contributed by atoms with van der Waals surface area (Å²) in [5.41, 5.74) is 7.23. The van der Waals surface area contributed by atoms with E-state index in [0.717, 1.165) is 23.0 Å². The van der Waals surface area contributed by atoms with E-state index in [2.05, 4.69) is 40.1 Å². The van der Waals surface area contributed by atoms with Crippen LogP contribution >= 0.6 is 15.9 Å². The summed E-state index contributed by atoms with van der Waals surface area (Å²) in [5, 5.41) is 12.8. The first-order valence-electron chi connectivity index (χ1n) is 5.82. The van der Waals surface area contributed by atoms with Crippen LogP contribution in [0.3, 0.4) is 0 Å². The fourth-order valence-electron chi connectivity index (χ4n) is 1.69. The van der Waals surface area contributed by atoms with Crippen LogP contribution in [0, 0.1) is 5.41 Å². The maximum atomic E-state index is 9.50. The number of nitrogen functional groups attached to an aromatic ring is 1. The summed E-state index contributed by atoms with van der Waals surface area (Å²) in [6.45, 7) is 5.05.